The first kappa shape index (κ1) is 21.3. The molecule has 1 aliphatic rings. The topological polar surface area (TPSA) is 49.9 Å². The third-order valence-corrected chi connectivity index (χ3v) is 5.30. The summed E-state index contributed by atoms with van der Waals surface area (Å²) in [5.41, 5.74) is 5.02. The second-order valence-electron chi connectivity index (χ2n) is 7.57. The SMILES string of the molecule is CCCCCC(=O)N1CCN(C(=O)OCCc2c(C)cc(C)cc2C)CC1. The van der Waals surface area contributed by atoms with E-state index in [-0.39, 0.29) is 12.0 Å². The number of piperazine rings is 1. The van der Waals surface area contributed by atoms with Crippen LogP contribution in [0, 0.1) is 20.8 Å². The first-order valence-electron chi connectivity index (χ1n) is 10.2. The summed E-state index contributed by atoms with van der Waals surface area (Å²) in [6.07, 6.45) is 4.25. The molecule has 0 aliphatic carbocycles. The zero-order valence-electron chi connectivity index (χ0n) is 17.3. The molecule has 0 saturated carbocycles. The molecule has 0 N–H and O–H groups in total. The van der Waals surface area contributed by atoms with Gasteiger partial charge < -0.3 is 14.5 Å². The zero-order chi connectivity index (χ0) is 19.8. The summed E-state index contributed by atoms with van der Waals surface area (Å²) in [5.74, 6) is 0.210. The number of benzene rings is 1. The largest absolute Gasteiger partial charge is 0.449 e. The van der Waals surface area contributed by atoms with Crippen LogP contribution in [0.25, 0.3) is 0 Å². The molecule has 1 heterocycles. The van der Waals surface area contributed by atoms with Gasteiger partial charge in [-0.1, -0.05) is 37.5 Å². The third-order valence-electron chi connectivity index (χ3n) is 5.30. The van der Waals surface area contributed by atoms with Crippen molar-refractivity contribution in [3.05, 3.63) is 34.4 Å². The van der Waals surface area contributed by atoms with Gasteiger partial charge in [-0.3, -0.25) is 4.79 Å². The van der Waals surface area contributed by atoms with Gasteiger partial charge in [-0.05, 0) is 43.9 Å². The highest BCUT2D eigenvalue weighted by atomic mass is 16.6. The Bertz CT molecular complexity index is 626. The average molecular weight is 375 g/mol. The minimum absolute atomic E-state index is 0.210. The molecule has 1 aliphatic heterocycles. The van der Waals surface area contributed by atoms with Crippen molar-refractivity contribution in [2.24, 2.45) is 0 Å². The number of unbranched alkanes of at least 4 members (excludes halogenated alkanes) is 2. The molecule has 1 fully saturated rings. The van der Waals surface area contributed by atoms with E-state index in [9.17, 15) is 9.59 Å². The van der Waals surface area contributed by atoms with Crippen molar-refractivity contribution in [1.29, 1.82) is 0 Å². The van der Waals surface area contributed by atoms with Crippen LogP contribution in [0.3, 0.4) is 0 Å². The van der Waals surface area contributed by atoms with Crippen molar-refractivity contribution in [2.45, 2.75) is 59.8 Å². The maximum atomic E-state index is 12.3. The Hall–Kier alpha value is -2.04. The molecule has 0 unspecified atom stereocenters. The lowest BCUT2D eigenvalue weighted by Crippen LogP contribution is -2.50. The summed E-state index contributed by atoms with van der Waals surface area (Å²) in [6, 6.07) is 4.34. The molecule has 27 heavy (non-hydrogen) atoms. The van der Waals surface area contributed by atoms with Gasteiger partial charge in [0.25, 0.3) is 0 Å². The molecule has 1 aromatic rings. The van der Waals surface area contributed by atoms with E-state index in [0.29, 0.717) is 39.2 Å². The first-order valence-corrected chi connectivity index (χ1v) is 10.2. The molecule has 2 amide bonds. The normalized spacial score (nSPS) is 14.4. The summed E-state index contributed by atoms with van der Waals surface area (Å²) < 4.78 is 5.48. The number of rotatable bonds is 7. The van der Waals surface area contributed by atoms with E-state index in [2.05, 4.69) is 39.8 Å². The fraction of sp³-hybridized carbons (Fsp3) is 0.636. The van der Waals surface area contributed by atoms with Crippen LogP contribution in [-0.4, -0.2) is 54.6 Å². The highest BCUT2D eigenvalue weighted by Crippen LogP contribution is 2.17. The van der Waals surface area contributed by atoms with Crippen LogP contribution < -0.4 is 0 Å². The van der Waals surface area contributed by atoms with Gasteiger partial charge in [0.2, 0.25) is 5.91 Å². The number of carbonyl (C=O) groups excluding carboxylic acids is 2. The monoisotopic (exact) mass is 374 g/mol. The molecule has 2 rings (SSSR count). The summed E-state index contributed by atoms with van der Waals surface area (Å²) in [4.78, 5) is 28.0. The van der Waals surface area contributed by atoms with Crippen LogP contribution in [-0.2, 0) is 16.0 Å². The molecule has 5 nitrogen and oxygen atoms in total. The number of ether oxygens (including phenoxy) is 1. The molecule has 0 radical (unpaired) electrons. The predicted octanol–water partition coefficient (Wildman–Crippen LogP) is 4.02. The number of hydrogen-bond donors (Lipinski definition) is 0. The molecular weight excluding hydrogens is 340 g/mol. The Morgan fingerprint density at radius 3 is 2.15 bits per heavy atom. The average Bonchev–Trinajstić information content (AvgIpc) is 2.64. The van der Waals surface area contributed by atoms with Gasteiger partial charge in [-0.25, -0.2) is 4.79 Å². The van der Waals surface area contributed by atoms with Crippen molar-refractivity contribution in [1.82, 2.24) is 9.80 Å². The Balaban J connectivity index is 1.73. The van der Waals surface area contributed by atoms with Crippen molar-refractivity contribution in [3.63, 3.8) is 0 Å². The molecule has 0 bridgehead atoms. The van der Waals surface area contributed by atoms with Crippen molar-refractivity contribution >= 4 is 12.0 Å². The lowest BCUT2D eigenvalue weighted by Gasteiger charge is -2.34. The summed E-state index contributed by atoms with van der Waals surface area (Å²) in [5, 5.41) is 0. The van der Waals surface area contributed by atoms with E-state index in [1.54, 1.807) is 4.90 Å². The first-order chi connectivity index (χ1) is 12.9. The molecular formula is C22H34N2O3. The van der Waals surface area contributed by atoms with E-state index in [4.69, 9.17) is 4.74 Å². The number of amides is 2. The second-order valence-corrected chi connectivity index (χ2v) is 7.57. The molecule has 1 aromatic carbocycles. The molecule has 0 atom stereocenters. The Kier molecular flexibility index (Phi) is 8.14. The predicted molar refractivity (Wildman–Crippen MR) is 108 cm³/mol. The Morgan fingerprint density at radius 1 is 0.963 bits per heavy atom. The molecule has 0 aromatic heterocycles. The number of aryl methyl sites for hydroxylation is 3. The zero-order valence-corrected chi connectivity index (χ0v) is 17.3. The molecule has 150 valence electrons. The van der Waals surface area contributed by atoms with Crippen molar-refractivity contribution in [2.75, 3.05) is 32.8 Å². The fourth-order valence-corrected chi connectivity index (χ4v) is 3.76. The third kappa shape index (κ3) is 6.26. The van der Waals surface area contributed by atoms with E-state index in [1.165, 1.54) is 22.3 Å². The van der Waals surface area contributed by atoms with Crippen LogP contribution in [0.2, 0.25) is 0 Å². The smallest absolute Gasteiger partial charge is 0.409 e. The minimum atomic E-state index is -0.268. The number of nitrogens with zero attached hydrogens (tertiary/aromatic N) is 2. The van der Waals surface area contributed by atoms with Gasteiger partial charge in [0.15, 0.2) is 0 Å². The number of carbonyl (C=O) groups is 2. The van der Waals surface area contributed by atoms with Gasteiger partial charge in [-0.15, -0.1) is 0 Å². The molecule has 0 spiro atoms. The van der Waals surface area contributed by atoms with Crippen molar-refractivity contribution < 1.29 is 14.3 Å². The second kappa shape index (κ2) is 10.3. The van der Waals surface area contributed by atoms with Crippen LogP contribution in [0.15, 0.2) is 12.1 Å². The standard InChI is InChI=1S/C22H34N2O3/c1-5-6-7-8-21(25)23-10-12-24(13-11-23)22(26)27-14-9-20-18(3)15-17(2)16-19(20)4/h15-16H,5-14H2,1-4H3. The summed E-state index contributed by atoms with van der Waals surface area (Å²) in [7, 11) is 0. The van der Waals surface area contributed by atoms with Crippen molar-refractivity contribution in [3.8, 4) is 0 Å². The maximum absolute atomic E-state index is 12.3. The number of hydrogen-bond acceptors (Lipinski definition) is 3. The summed E-state index contributed by atoms with van der Waals surface area (Å²) >= 11 is 0. The van der Waals surface area contributed by atoms with E-state index < -0.39 is 0 Å². The Morgan fingerprint density at radius 2 is 1.56 bits per heavy atom. The van der Waals surface area contributed by atoms with E-state index in [0.717, 1.165) is 25.7 Å². The van der Waals surface area contributed by atoms with Gasteiger partial charge >= 0.3 is 6.09 Å². The van der Waals surface area contributed by atoms with Gasteiger partial charge in [0, 0.05) is 39.0 Å². The Labute approximate surface area is 163 Å². The highest BCUT2D eigenvalue weighted by molar-refractivity contribution is 5.76. The minimum Gasteiger partial charge on any atom is -0.449 e. The molecule has 1 saturated heterocycles. The lowest BCUT2D eigenvalue weighted by atomic mass is 9.98. The maximum Gasteiger partial charge on any atom is 0.409 e. The molecule has 5 heteroatoms. The van der Waals surface area contributed by atoms with Crippen LogP contribution in [0.4, 0.5) is 4.79 Å². The van der Waals surface area contributed by atoms with Gasteiger partial charge in [-0.2, -0.15) is 0 Å². The van der Waals surface area contributed by atoms with Gasteiger partial charge in [0.05, 0.1) is 6.61 Å². The fourth-order valence-electron chi connectivity index (χ4n) is 3.76. The summed E-state index contributed by atoms with van der Waals surface area (Å²) in [6.45, 7) is 11.2. The quantitative estimate of drug-likeness (QED) is 0.678. The van der Waals surface area contributed by atoms with E-state index >= 15 is 0 Å². The van der Waals surface area contributed by atoms with Crippen LogP contribution in [0.1, 0.15) is 54.9 Å². The van der Waals surface area contributed by atoms with E-state index in [1.807, 2.05) is 4.90 Å². The van der Waals surface area contributed by atoms with Crippen LogP contribution >= 0.6 is 0 Å². The lowest BCUT2D eigenvalue weighted by molar-refractivity contribution is -0.132. The van der Waals surface area contributed by atoms with Gasteiger partial charge in [0.1, 0.15) is 0 Å². The highest BCUT2D eigenvalue weighted by Gasteiger charge is 2.24. The van der Waals surface area contributed by atoms with Crippen LogP contribution in [0.5, 0.6) is 0 Å².